The number of benzene rings is 1. The molecule has 0 aliphatic rings. The molecule has 1 heterocycles. The highest BCUT2D eigenvalue weighted by Gasteiger charge is 2.00. The van der Waals surface area contributed by atoms with Crippen molar-refractivity contribution in [2.24, 2.45) is 0 Å². The van der Waals surface area contributed by atoms with Gasteiger partial charge in [0.15, 0.2) is 5.76 Å². The van der Waals surface area contributed by atoms with Crippen molar-refractivity contribution in [1.82, 2.24) is 5.16 Å². The van der Waals surface area contributed by atoms with E-state index < -0.39 is 0 Å². The normalized spacial score (nSPS) is 10.6. The molecular weight excluding hydrogens is 202 g/mol. The molecule has 0 aliphatic carbocycles. The molecule has 2 aromatic rings. The summed E-state index contributed by atoms with van der Waals surface area (Å²) in [6.45, 7) is 3.09. The zero-order valence-corrected chi connectivity index (χ0v) is 9.35. The highest BCUT2D eigenvalue weighted by molar-refractivity contribution is 5.14. The molecule has 1 aromatic carbocycles. The van der Waals surface area contributed by atoms with Gasteiger partial charge in [0.25, 0.3) is 0 Å². The Morgan fingerprint density at radius 1 is 1.25 bits per heavy atom. The predicted octanol–water partition coefficient (Wildman–Crippen LogP) is 2.74. The van der Waals surface area contributed by atoms with E-state index >= 15 is 0 Å². The first-order valence-corrected chi connectivity index (χ1v) is 5.38. The van der Waals surface area contributed by atoms with Crippen LogP contribution in [0, 0.1) is 6.92 Å². The summed E-state index contributed by atoms with van der Waals surface area (Å²) in [6.07, 6.45) is 0.925. The van der Waals surface area contributed by atoms with Gasteiger partial charge in [0, 0.05) is 6.07 Å². The van der Waals surface area contributed by atoms with Gasteiger partial charge >= 0.3 is 0 Å². The van der Waals surface area contributed by atoms with Gasteiger partial charge in [-0.1, -0.05) is 35.5 Å². The van der Waals surface area contributed by atoms with Crippen molar-refractivity contribution in [3.8, 4) is 0 Å². The molecular formula is C13H15NO2. The van der Waals surface area contributed by atoms with Gasteiger partial charge in [0.05, 0.1) is 12.3 Å². The third-order valence-electron chi connectivity index (χ3n) is 2.30. The molecule has 0 bridgehead atoms. The van der Waals surface area contributed by atoms with E-state index in [2.05, 4.69) is 17.3 Å². The van der Waals surface area contributed by atoms with Crippen molar-refractivity contribution in [2.75, 3.05) is 6.61 Å². The maximum absolute atomic E-state index is 5.50. The minimum Gasteiger partial charge on any atom is -0.373 e. The van der Waals surface area contributed by atoms with Gasteiger partial charge in [-0.3, -0.25) is 0 Å². The van der Waals surface area contributed by atoms with E-state index in [0.717, 1.165) is 17.9 Å². The summed E-state index contributed by atoms with van der Waals surface area (Å²) in [5.74, 6) is 0.783. The fraction of sp³-hybridized carbons (Fsp3) is 0.308. The molecule has 0 saturated carbocycles. The smallest absolute Gasteiger partial charge is 0.162 e. The van der Waals surface area contributed by atoms with Crippen LogP contribution in [0.15, 0.2) is 40.9 Å². The van der Waals surface area contributed by atoms with Crippen molar-refractivity contribution in [2.45, 2.75) is 20.0 Å². The number of rotatable bonds is 5. The van der Waals surface area contributed by atoms with E-state index in [4.69, 9.17) is 9.26 Å². The first-order chi connectivity index (χ1) is 7.84. The van der Waals surface area contributed by atoms with E-state index in [1.54, 1.807) is 0 Å². The number of hydrogen-bond acceptors (Lipinski definition) is 3. The molecule has 0 spiro atoms. The summed E-state index contributed by atoms with van der Waals surface area (Å²) in [5.41, 5.74) is 2.18. The van der Waals surface area contributed by atoms with E-state index in [1.165, 1.54) is 5.56 Å². The fourth-order valence-corrected chi connectivity index (χ4v) is 1.49. The van der Waals surface area contributed by atoms with Crippen molar-refractivity contribution in [1.29, 1.82) is 0 Å². The standard InChI is InChI=1S/C13H15NO2/c1-11-9-13(16-14-11)10-15-8-7-12-5-3-2-4-6-12/h2-6,9H,7-8,10H2,1H3. The molecule has 84 valence electrons. The lowest BCUT2D eigenvalue weighted by atomic mass is 10.2. The molecule has 0 aliphatic heterocycles. The Bertz CT molecular complexity index is 423. The maximum Gasteiger partial charge on any atom is 0.162 e. The van der Waals surface area contributed by atoms with Crippen LogP contribution in [0.25, 0.3) is 0 Å². The van der Waals surface area contributed by atoms with Crippen LogP contribution in [0.5, 0.6) is 0 Å². The molecule has 0 amide bonds. The highest BCUT2D eigenvalue weighted by Crippen LogP contribution is 2.05. The molecule has 0 fully saturated rings. The Hall–Kier alpha value is -1.61. The number of aromatic nitrogens is 1. The second kappa shape index (κ2) is 5.47. The monoisotopic (exact) mass is 217 g/mol. The minimum absolute atomic E-state index is 0.494. The quantitative estimate of drug-likeness (QED) is 0.722. The Kier molecular flexibility index (Phi) is 3.72. The summed E-state index contributed by atoms with van der Waals surface area (Å²) in [7, 11) is 0. The Balaban J connectivity index is 1.69. The van der Waals surface area contributed by atoms with Crippen LogP contribution < -0.4 is 0 Å². The molecule has 2 rings (SSSR count). The minimum atomic E-state index is 0.494. The van der Waals surface area contributed by atoms with E-state index in [1.807, 2.05) is 31.2 Å². The summed E-state index contributed by atoms with van der Waals surface area (Å²) in [6, 6.07) is 12.2. The second-order valence-electron chi connectivity index (χ2n) is 3.72. The molecule has 0 radical (unpaired) electrons. The molecule has 0 N–H and O–H groups in total. The van der Waals surface area contributed by atoms with Gasteiger partial charge in [0.1, 0.15) is 6.61 Å². The van der Waals surface area contributed by atoms with E-state index in [9.17, 15) is 0 Å². The van der Waals surface area contributed by atoms with Crippen LogP contribution >= 0.6 is 0 Å². The van der Waals surface area contributed by atoms with Crippen molar-refractivity contribution in [3.05, 3.63) is 53.4 Å². The molecule has 1 aromatic heterocycles. The van der Waals surface area contributed by atoms with Gasteiger partial charge < -0.3 is 9.26 Å². The number of ether oxygens (including phenoxy) is 1. The van der Waals surface area contributed by atoms with Crippen molar-refractivity contribution < 1.29 is 9.26 Å². The molecule has 0 saturated heterocycles. The SMILES string of the molecule is Cc1cc(COCCc2ccccc2)on1. The summed E-state index contributed by atoms with van der Waals surface area (Å²) in [5, 5.41) is 3.80. The lowest BCUT2D eigenvalue weighted by molar-refractivity contribution is 0.104. The van der Waals surface area contributed by atoms with Gasteiger partial charge in [-0.2, -0.15) is 0 Å². The first kappa shape index (κ1) is 10.9. The predicted molar refractivity (Wildman–Crippen MR) is 61.0 cm³/mol. The van der Waals surface area contributed by atoms with Crippen LogP contribution in [0.4, 0.5) is 0 Å². The third kappa shape index (κ3) is 3.21. The van der Waals surface area contributed by atoms with E-state index in [-0.39, 0.29) is 0 Å². The first-order valence-electron chi connectivity index (χ1n) is 5.38. The van der Waals surface area contributed by atoms with E-state index in [0.29, 0.717) is 13.2 Å². The Morgan fingerprint density at radius 3 is 2.75 bits per heavy atom. The van der Waals surface area contributed by atoms with Crippen LogP contribution in [0.3, 0.4) is 0 Å². The maximum atomic E-state index is 5.50. The number of aryl methyl sites for hydroxylation is 1. The summed E-state index contributed by atoms with van der Waals surface area (Å²) < 4.78 is 10.5. The van der Waals surface area contributed by atoms with Crippen LogP contribution in [-0.4, -0.2) is 11.8 Å². The summed E-state index contributed by atoms with van der Waals surface area (Å²) >= 11 is 0. The third-order valence-corrected chi connectivity index (χ3v) is 2.30. The summed E-state index contributed by atoms with van der Waals surface area (Å²) in [4.78, 5) is 0. The van der Waals surface area contributed by atoms with Gasteiger partial charge in [-0.15, -0.1) is 0 Å². The molecule has 3 heteroatoms. The molecule has 16 heavy (non-hydrogen) atoms. The number of hydrogen-bond donors (Lipinski definition) is 0. The molecule has 0 unspecified atom stereocenters. The van der Waals surface area contributed by atoms with Crippen molar-refractivity contribution in [3.63, 3.8) is 0 Å². The Labute approximate surface area is 95.0 Å². The lowest BCUT2D eigenvalue weighted by Crippen LogP contribution is -1.98. The van der Waals surface area contributed by atoms with Gasteiger partial charge in [-0.25, -0.2) is 0 Å². The molecule has 0 atom stereocenters. The highest BCUT2D eigenvalue weighted by atomic mass is 16.5. The fourth-order valence-electron chi connectivity index (χ4n) is 1.49. The lowest BCUT2D eigenvalue weighted by Gasteiger charge is -2.01. The second-order valence-corrected chi connectivity index (χ2v) is 3.72. The number of nitrogens with zero attached hydrogens (tertiary/aromatic N) is 1. The van der Waals surface area contributed by atoms with Gasteiger partial charge in [0.2, 0.25) is 0 Å². The average molecular weight is 217 g/mol. The van der Waals surface area contributed by atoms with Crippen LogP contribution in [-0.2, 0) is 17.8 Å². The largest absolute Gasteiger partial charge is 0.373 e. The van der Waals surface area contributed by atoms with Crippen molar-refractivity contribution >= 4 is 0 Å². The van der Waals surface area contributed by atoms with Crippen LogP contribution in [0.2, 0.25) is 0 Å². The zero-order valence-electron chi connectivity index (χ0n) is 9.35. The molecule has 3 nitrogen and oxygen atoms in total. The van der Waals surface area contributed by atoms with Gasteiger partial charge in [-0.05, 0) is 18.9 Å². The topological polar surface area (TPSA) is 35.3 Å². The van der Waals surface area contributed by atoms with Crippen LogP contribution in [0.1, 0.15) is 17.0 Å². The Morgan fingerprint density at radius 2 is 2.06 bits per heavy atom. The average Bonchev–Trinajstić information content (AvgIpc) is 2.72. The zero-order chi connectivity index (χ0) is 11.2.